The zero-order valence-electron chi connectivity index (χ0n) is 8.70. The summed E-state index contributed by atoms with van der Waals surface area (Å²) in [6.07, 6.45) is -0.0543. The highest BCUT2D eigenvalue weighted by Crippen LogP contribution is 2.07. The van der Waals surface area contributed by atoms with Gasteiger partial charge >= 0.3 is 6.01 Å². The lowest BCUT2D eigenvalue weighted by Crippen LogP contribution is -2.26. The van der Waals surface area contributed by atoms with Gasteiger partial charge in [0, 0.05) is 20.8 Å². The van der Waals surface area contributed by atoms with Crippen molar-refractivity contribution in [3.8, 4) is 0 Å². The third-order valence-electron chi connectivity index (χ3n) is 1.75. The van der Waals surface area contributed by atoms with E-state index in [9.17, 15) is 0 Å². The Morgan fingerprint density at radius 3 is 2.80 bits per heavy atom. The number of rotatable bonds is 7. The molecule has 1 heterocycles. The molecule has 0 aliphatic carbocycles. The van der Waals surface area contributed by atoms with Crippen LogP contribution in [-0.2, 0) is 15.4 Å². The van der Waals surface area contributed by atoms with E-state index in [0.717, 1.165) is 0 Å². The van der Waals surface area contributed by atoms with Crippen LogP contribution < -0.4 is 5.32 Å². The van der Waals surface area contributed by atoms with Crippen LogP contribution in [0, 0.1) is 0 Å². The minimum absolute atomic E-state index is 0.0543. The summed E-state index contributed by atoms with van der Waals surface area (Å²) in [5.41, 5.74) is 0. The van der Waals surface area contributed by atoms with Crippen LogP contribution in [0.2, 0.25) is 0 Å². The van der Waals surface area contributed by atoms with E-state index < -0.39 is 0 Å². The summed E-state index contributed by atoms with van der Waals surface area (Å²) in [7, 11) is 3.23. The third-order valence-corrected chi connectivity index (χ3v) is 1.98. The minimum atomic E-state index is -0.0543. The molecule has 0 amide bonds. The van der Waals surface area contributed by atoms with Gasteiger partial charge in [-0.05, 0) is 0 Å². The predicted molar refractivity (Wildman–Crippen MR) is 55.0 cm³/mol. The fraction of sp³-hybridized carbons (Fsp3) is 0.750. The highest BCUT2D eigenvalue weighted by Gasteiger charge is 2.09. The summed E-state index contributed by atoms with van der Waals surface area (Å²) in [4.78, 5) is 0. The SMILES string of the molecule is COCC(CNc1nnc(CCl)o1)OC. The molecule has 0 aliphatic heterocycles. The molecule has 7 heteroatoms. The number of anilines is 1. The van der Waals surface area contributed by atoms with Gasteiger partial charge in [0.15, 0.2) is 0 Å². The van der Waals surface area contributed by atoms with Crippen LogP contribution in [0.1, 0.15) is 5.89 Å². The first-order valence-corrected chi connectivity index (χ1v) is 4.97. The van der Waals surface area contributed by atoms with Crippen LogP contribution in [0.3, 0.4) is 0 Å². The Labute approximate surface area is 92.9 Å². The second kappa shape index (κ2) is 6.60. The van der Waals surface area contributed by atoms with Crippen molar-refractivity contribution in [3.63, 3.8) is 0 Å². The molecule has 6 nitrogen and oxygen atoms in total. The maximum Gasteiger partial charge on any atom is 0.315 e. The molecule has 86 valence electrons. The molecule has 0 spiro atoms. The molecule has 0 fully saturated rings. The number of nitrogens with one attached hydrogen (secondary N) is 1. The second-order valence-electron chi connectivity index (χ2n) is 2.83. The number of aromatic nitrogens is 2. The number of halogens is 1. The Kier molecular flexibility index (Phi) is 5.38. The maximum atomic E-state index is 5.51. The van der Waals surface area contributed by atoms with E-state index >= 15 is 0 Å². The quantitative estimate of drug-likeness (QED) is 0.708. The molecular weight excluding hydrogens is 222 g/mol. The van der Waals surface area contributed by atoms with Crippen molar-refractivity contribution in [3.05, 3.63) is 5.89 Å². The topological polar surface area (TPSA) is 69.4 Å². The van der Waals surface area contributed by atoms with Gasteiger partial charge in [0.05, 0.1) is 12.7 Å². The Morgan fingerprint density at radius 1 is 1.47 bits per heavy atom. The summed E-state index contributed by atoms with van der Waals surface area (Å²) in [6.45, 7) is 1.04. The van der Waals surface area contributed by atoms with Gasteiger partial charge in [0.25, 0.3) is 0 Å². The number of hydrogen-bond donors (Lipinski definition) is 1. The largest absolute Gasteiger partial charge is 0.407 e. The lowest BCUT2D eigenvalue weighted by atomic mass is 10.4. The van der Waals surface area contributed by atoms with Gasteiger partial charge in [-0.1, -0.05) is 5.10 Å². The standard InChI is InChI=1S/C8H14ClN3O3/c1-13-5-6(14-2)4-10-8-12-11-7(3-9)15-8/h6H,3-5H2,1-2H3,(H,10,12). The lowest BCUT2D eigenvalue weighted by molar-refractivity contribution is 0.0363. The average molecular weight is 236 g/mol. The van der Waals surface area contributed by atoms with E-state index in [1.807, 2.05) is 0 Å². The fourth-order valence-corrected chi connectivity index (χ4v) is 1.08. The Morgan fingerprint density at radius 2 is 2.27 bits per heavy atom. The van der Waals surface area contributed by atoms with Crippen molar-refractivity contribution in [2.75, 3.05) is 32.7 Å². The van der Waals surface area contributed by atoms with Crippen LogP contribution in [-0.4, -0.2) is 43.7 Å². The predicted octanol–water partition coefficient (Wildman–Crippen LogP) is 0.882. The number of hydrogen-bond acceptors (Lipinski definition) is 6. The molecule has 1 aromatic heterocycles. The first-order chi connectivity index (χ1) is 7.30. The van der Waals surface area contributed by atoms with E-state index in [0.29, 0.717) is 25.1 Å². The highest BCUT2D eigenvalue weighted by atomic mass is 35.5. The molecule has 0 saturated carbocycles. The van der Waals surface area contributed by atoms with E-state index in [1.54, 1.807) is 14.2 Å². The van der Waals surface area contributed by atoms with Gasteiger partial charge < -0.3 is 19.2 Å². The summed E-state index contributed by atoms with van der Waals surface area (Å²) >= 11 is 5.51. The molecule has 1 unspecified atom stereocenters. The Hall–Kier alpha value is -0.850. The minimum Gasteiger partial charge on any atom is -0.407 e. The zero-order valence-corrected chi connectivity index (χ0v) is 9.45. The molecule has 0 radical (unpaired) electrons. The first kappa shape index (κ1) is 12.2. The molecule has 1 N–H and O–H groups in total. The van der Waals surface area contributed by atoms with Crippen molar-refractivity contribution in [1.82, 2.24) is 10.2 Å². The summed E-state index contributed by atoms with van der Waals surface area (Å²) in [5.74, 6) is 0.598. The number of ether oxygens (including phenoxy) is 2. The van der Waals surface area contributed by atoms with Crippen molar-refractivity contribution in [2.45, 2.75) is 12.0 Å². The molecule has 1 atom stereocenters. The Balaban J connectivity index is 2.34. The van der Waals surface area contributed by atoms with Gasteiger partial charge in [-0.15, -0.1) is 16.7 Å². The van der Waals surface area contributed by atoms with Crippen LogP contribution in [0.25, 0.3) is 0 Å². The van der Waals surface area contributed by atoms with Crippen molar-refractivity contribution in [2.24, 2.45) is 0 Å². The van der Waals surface area contributed by atoms with Crippen LogP contribution >= 0.6 is 11.6 Å². The van der Waals surface area contributed by atoms with E-state index in [4.69, 9.17) is 25.5 Å². The van der Waals surface area contributed by atoms with Gasteiger partial charge in [-0.3, -0.25) is 0 Å². The molecule has 1 aromatic rings. The normalized spacial score (nSPS) is 12.7. The molecule has 0 saturated heterocycles. The summed E-state index contributed by atoms with van der Waals surface area (Å²) in [6, 6.07) is 0.337. The maximum absolute atomic E-state index is 5.51. The summed E-state index contributed by atoms with van der Waals surface area (Å²) in [5, 5.41) is 10.4. The van der Waals surface area contributed by atoms with Gasteiger partial charge in [0.1, 0.15) is 5.88 Å². The Bertz CT molecular complexity index is 282. The van der Waals surface area contributed by atoms with Crippen LogP contribution in [0.4, 0.5) is 6.01 Å². The van der Waals surface area contributed by atoms with Crippen molar-refractivity contribution in [1.29, 1.82) is 0 Å². The van der Waals surface area contributed by atoms with Crippen LogP contribution in [0.5, 0.6) is 0 Å². The lowest BCUT2D eigenvalue weighted by Gasteiger charge is -2.13. The third kappa shape index (κ3) is 4.03. The molecule has 0 aliphatic rings. The van der Waals surface area contributed by atoms with E-state index in [1.165, 1.54) is 0 Å². The monoisotopic (exact) mass is 235 g/mol. The van der Waals surface area contributed by atoms with Crippen LogP contribution in [0.15, 0.2) is 4.42 Å². The van der Waals surface area contributed by atoms with Gasteiger partial charge in [-0.2, -0.15) is 0 Å². The number of nitrogens with zero attached hydrogens (tertiary/aromatic N) is 2. The zero-order chi connectivity index (χ0) is 11.1. The van der Waals surface area contributed by atoms with Crippen molar-refractivity contribution >= 4 is 17.6 Å². The molecule has 0 aromatic carbocycles. The average Bonchev–Trinajstić information content (AvgIpc) is 2.72. The van der Waals surface area contributed by atoms with Crippen molar-refractivity contribution < 1.29 is 13.9 Å². The number of alkyl halides is 1. The smallest absolute Gasteiger partial charge is 0.315 e. The molecule has 15 heavy (non-hydrogen) atoms. The van der Waals surface area contributed by atoms with E-state index in [2.05, 4.69) is 15.5 Å². The summed E-state index contributed by atoms with van der Waals surface area (Å²) < 4.78 is 15.2. The first-order valence-electron chi connectivity index (χ1n) is 4.44. The fourth-order valence-electron chi connectivity index (χ4n) is 0.976. The molecular formula is C8H14ClN3O3. The van der Waals surface area contributed by atoms with E-state index in [-0.39, 0.29) is 12.0 Å². The molecule has 1 rings (SSSR count). The number of methoxy groups -OCH3 is 2. The molecule has 0 bridgehead atoms. The highest BCUT2D eigenvalue weighted by molar-refractivity contribution is 6.16. The van der Waals surface area contributed by atoms with Gasteiger partial charge in [0.2, 0.25) is 5.89 Å². The van der Waals surface area contributed by atoms with Gasteiger partial charge in [-0.25, -0.2) is 0 Å². The second-order valence-corrected chi connectivity index (χ2v) is 3.10.